The standard InChI is InChI=1S/C23H25ClN2O3S/c1-4-16(2)26(23(27)17-7-5-9-20(11-17)28-3)13-19-15-30-22(25-19)14-29-21-10-6-8-18(24)12-21/h5-12,15-16H,4,13-14H2,1-3H3. The molecule has 1 heterocycles. The van der Waals surface area contributed by atoms with Gasteiger partial charge in [0.1, 0.15) is 23.1 Å². The molecule has 0 bridgehead atoms. The van der Waals surface area contributed by atoms with Crippen LogP contribution < -0.4 is 9.47 Å². The van der Waals surface area contributed by atoms with Crippen molar-refractivity contribution in [1.29, 1.82) is 0 Å². The van der Waals surface area contributed by atoms with Crippen LogP contribution >= 0.6 is 22.9 Å². The van der Waals surface area contributed by atoms with Gasteiger partial charge in [-0.3, -0.25) is 4.79 Å². The summed E-state index contributed by atoms with van der Waals surface area (Å²) in [6.45, 7) is 4.92. The minimum atomic E-state index is -0.0343. The summed E-state index contributed by atoms with van der Waals surface area (Å²) in [7, 11) is 1.60. The van der Waals surface area contributed by atoms with Crippen molar-refractivity contribution in [3.8, 4) is 11.5 Å². The summed E-state index contributed by atoms with van der Waals surface area (Å²) in [4.78, 5) is 19.7. The molecule has 1 aromatic heterocycles. The fourth-order valence-corrected chi connectivity index (χ4v) is 3.81. The maximum atomic E-state index is 13.2. The number of hydrogen-bond acceptors (Lipinski definition) is 5. The largest absolute Gasteiger partial charge is 0.497 e. The van der Waals surface area contributed by atoms with Gasteiger partial charge in [-0.25, -0.2) is 4.98 Å². The minimum Gasteiger partial charge on any atom is -0.497 e. The third-order valence-electron chi connectivity index (χ3n) is 4.79. The number of halogens is 1. The fraction of sp³-hybridized carbons (Fsp3) is 0.304. The zero-order valence-corrected chi connectivity index (χ0v) is 18.9. The normalized spacial score (nSPS) is 11.7. The Morgan fingerprint density at radius 2 is 1.97 bits per heavy atom. The number of hydrogen-bond donors (Lipinski definition) is 0. The molecule has 2 aromatic carbocycles. The maximum Gasteiger partial charge on any atom is 0.254 e. The van der Waals surface area contributed by atoms with Crippen LogP contribution in [0.3, 0.4) is 0 Å². The van der Waals surface area contributed by atoms with Crippen molar-refractivity contribution < 1.29 is 14.3 Å². The number of ether oxygens (including phenoxy) is 2. The van der Waals surface area contributed by atoms with Crippen LogP contribution in [0, 0.1) is 0 Å². The summed E-state index contributed by atoms with van der Waals surface area (Å²) in [6, 6.07) is 14.6. The second-order valence-corrected chi connectivity index (χ2v) is 8.28. The molecule has 0 radical (unpaired) electrons. The van der Waals surface area contributed by atoms with Gasteiger partial charge in [0, 0.05) is 22.0 Å². The van der Waals surface area contributed by atoms with Gasteiger partial charge in [0.05, 0.1) is 19.3 Å². The molecule has 3 aromatic rings. The van der Waals surface area contributed by atoms with E-state index in [1.165, 1.54) is 11.3 Å². The van der Waals surface area contributed by atoms with E-state index in [-0.39, 0.29) is 11.9 Å². The van der Waals surface area contributed by atoms with E-state index in [4.69, 9.17) is 21.1 Å². The van der Waals surface area contributed by atoms with Crippen LogP contribution in [0.1, 0.15) is 41.3 Å². The lowest BCUT2D eigenvalue weighted by Gasteiger charge is -2.28. The Kier molecular flexibility index (Phi) is 7.71. The van der Waals surface area contributed by atoms with Crippen LogP contribution in [0.15, 0.2) is 53.9 Å². The number of carbonyl (C=O) groups is 1. The van der Waals surface area contributed by atoms with Crippen molar-refractivity contribution in [3.63, 3.8) is 0 Å². The fourth-order valence-electron chi connectivity index (χ4n) is 2.93. The van der Waals surface area contributed by atoms with Gasteiger partial charge >= 0.3 is 0 Å². The molecule has 0 N–H and O–H groups in total. The zero-order valence-electron chi connectivity index (χ0n) is 17.3. The SMILES string of the molecule is CCC(C)N(Cc1csc(COc2cccc(Cl)c2)n1)C(=O)c1cccc(OC)c1. The van der Waals surface area contributed by atoms with E-state index < -0.39 is 0 Å². The van der Waals surface area contributed by atoms with Crippen molar-refractivity contribution in [2.24, 2.45) is 0 Å². The van der Waals surface area contributed by atoms with Crippen molar-refractivity contribution in [3.05, 3.63) is 75.2 Å². The van der Waals surface area contributed by atoms with Gasteiger partial charge in [-0.2, -0.15) is 0 Å². The first kappa shape index (κ1) is 22.1. The number of nitrogens with zero attached hydrogens (tertiary/aromatic N) is 2. The first-order chi connectivity index (χ1) is 14.5. The average molecular weight is 445 g/mol. The molecular formula is C23H25ClN2O3S. The smallest absolute Gasteiger partial charge is 0.254 e. The molecule has 0 aliphatic rings. The van der Waals surface area contributed by atoms with Gasteiger partial charge in [0.2, 0.25) is 0 Å². The highest BCUT2D eigenvalue weighted by molar-refractivity contribution is 7.09. The van der Waals surface area contributed by atoms with Gasteiger partial charge in [0.25, 0.3) is 5.91 Å². The number of carbonyl (C=O) groups excluding carboxylic acids is 1. The van der Waals surface area contributed by atoms with E-state index in [9.17, 15) is 4.79 Å². The summed E-state index contributed by atoms with van der Waals surface area (Å²) in [5.74, 6) is 1.33. The Balaban J connectivity index is 1.70. The molecule has 0 aliphatic heterocycles. The van der Waals surface area contributed by atoms with Gasteiger partial charge in [-0.15, -0.1) is 11.3 Å². The number of amides is 1. The second kappa shape index (κ2) is 10.5. The number of methoxy groups -OCH3 is 1. The van der Waals surface area contributed by atoms with E-state index in [0.717, 1.165) is 17.1 Å². The lowest BCUT2D eigenvalue weighted by Crippen LogP contribution is -2.37. The molecule has 1 unspecified atom stereocenters. The summed E-state index contributed by atoms with van der Waals surface area (Å²) in [5.41, 5.74) is 1.45. The van der Waals surface area contributed by atoms with Crippen LogP contribution in [0.25, 0.3) is 0 Å². The monoisotopic (exact) mass is 444 g/mol. The molecule has 0 fully saturated rings. The highest BCUT2D eigenvalue weighted by atomic mass is 35.5. The van der Waals surface area contributed by atoms with E-state index >= 15 is 0 Å². The van der Waals surface area contributed by atoms with E-state index in [1.54, 1.807) is 25.3 Å². The lowest BCUT2D eigenvalue weighted by atomic mass is 10.1. The predicted molar refractivity (Wildman–Crippen MR) is 121 cm³/mol. The highest BCUT2D eigenvalue weighted by Crippen LogP contribution is 2.22. The third kappa shape index (κ3) is 5.74. The van der Waals surface area contributed by atoms with E-state index in [2.05, 4.69) is 11.9 Å². The molecule has 5 nitrogen and oxygen atoms in total. The molecule has 1 amide bonds. The Morgan fingerprint density at radius 1 is 1.20 bits per heavy atom. The predicted octanol–water partition coefficient (Wildman–Crippen LogP) is 5.83. The van der Waals surface area contributed by atoms with Crippen LogP contribution in [0.2, 0.25) is 5.02 Å². The average Bonchev–Trinajstić information content (AvgIpc) is 3.22. The topological polar surface area (TPSA) is 51.7 Å². The maximum absolute atomic E-state index is 13.2. The van der Waals surface area contributed by atoms with Gasteiger partial charge in [-0.1, -0.05) is 30.7 Å². The van der Waals surface area contributed by atoms with Gasteiger partial charge < -0.3 is 14.4 Å². The van der Waals surface area contributed by atoms with Crippen molar-refractivity contribution in [2.45, 2.75) is 39.5 Å². The van der Waals surface area contributed by atoms with Crippen molar-refractivity contribution in [2.75, 3.05) is 7.11 Å². The zero-order chi connectivity index (χ0) is 21.5. The quantitative estimate of drug-likeness (QED) is 0.417. The Hall–Kier alpha value is -2.57. The van der Waals surface area contributed by atoms with Crippen LogP contribution in [0.4, 0.5) is 0 Å². The Bertz CT molecular complexity index is 992. The number of aromatic nitrogens is 1. The summed E-state index contributed by atoms with van der Waals surface area (Å²) in [5, 5.41) is 3.46. The van der Waals surface area contributed by atoms with Crippen LogP contribution in [0.5, 0.6) is 11.5 Å². The molecule has 30 heavy (non-hydrogen) atoms. The van der Waals surface area contributed by atoms with E-state index in [0.29, 0.717) is 35.2 Å². The van der Waals surface area contributed by atoms with Crippen LogP contribution in [-0.4, -0.2) is 28.9 Å². The van der Waals surface area contributed by atoms with Crippen molar-refractivity contribution in [1.82, 2.24) is 9.88 Å². The first-order valence-corrected chi connectivity index (χ1v) is 11.0. The summed E-state index contributed by atoms with van der Waals surface area (Å²) < 4.78 is 11.0. The summed E-state index contributed by atoms with van der Waals surface area (Å²) >= 11 is 7.51. The Labute approximate surface area is 186 Å². The highest BCUT2D eigenvalue weighted by Gasteiger charge is 2.22. The minimum absolute atomic E-state index is 0.0343. The molecule has 0 spiro atoms. The van der Waals surface area contributed by atoms with Gasteiger partial charge in [0.15, 0.2) is 0 Å². The molecule has 3 rings (SSSR count). The summed E-state index contributed by atoms with van der Waals surface area (Å²) in [6.07, 6.45) is 0.852. The molecule has 0 aliphatic carbocycles. The molecule has 0 saturated carbocycles. The van der Waals surface area contributed by atoms with Gasteiger partial charge in [-0.05, 0) is 49.7 Å². The molecule has 158 valence electrons. The first-order valence-electron chi connectivity index (χ1n) is 9.76. The third-order valence-corrected chi connectivity index (χ3v) is 5.90. The lowest BCUT2D eigenvalue weighted by molar-refractivity contribution is 0.0668. The molecule has 0 saturated heterocycles. The second-order valence-electron chi connectivity index (χ2n) is 6.90. The number of thiazole rings is 1. The molecular weight excluding hydrogens is 420 g/mol. The number of rotatable bonds is 9. The molecule has 7 heteroatoms. The Morgan fingerprint density at radius 3 is 2.70 bits per heavy atom. The van der Waals surface area contributed by atoms with E-state index in [1.807, 2.05) is 47.5 Å². The number of benzene rings is 2. The van der Waals surface area contributed by atoms with Crippen LogP contribution in [-0.2, 0) is 13.2 Å². The van der Waals surface area contributed by atoms with Crippen molar-refractivity contribution >= 4 is 28.8 Å². The molecule has 1 atom stereocenters.